The molecule has 3 nitrogen and oxygen atoms in total. The zero-order chi connectivity index (χ0) is 12.1. The monoisotopic (exact) mass is 240 g/mol. The quantitative estimate of drug-likeness (QED) is 0.759. The van der Waals surface area contributed by atoms with Crippen LogP contribution in [0.1, 0.15) is 38.5 Å². The Morgan fingerprint density at radius 1 is 1.24 bits per heavy atom. The summed E-state index contributed by atoms with van der Waals surface area (Å²) >= 11 is 0. The van der Waals surface area contributed by atoms with Gasteiger partial charge in [0.25, 0.3) is 0 Å². The van der Waals surface area contributed by atoms with Crippen molar-refractivity contribution in [1.29, 1.82) is 0 Å². The Balaban J connectivity index is 2.08. The predicted molar refractivity (Wildman–Crippen MR) is 66.8 cm³/mol. The van der Waals surface area contributed by atoms with Crippen molar-refractivity contribution in [1.82, 2.24) is 0 Å². The Hall–Kier alpha value is -0.540. The molecule has 0 aromatic carbocycles. The van der Waals surface area contributed by atoms with Crippen LogP contribution in [0, 0.1) is 5.92 Å². The maximum atomic E-state index is 5.85. The first kappa shape index (κ1) is 12.9. The zero-order valence-electron chi connectivity index (χ0n) is 11.0. The van der Waals surface area contributed by atoms with Crippen LogP contribution in [0.3, 0.4) is 0 Å². The SMILES string of the molecule is COC[C@@H]1C2=CO[C@H]1[C@H](OC)CCCCCC2. The van der Waals surface area contributed by atoms with Gasteiger partial charge in [0.1, 0.15) is 6.10 Å². The lowest BCUT2D eigenvalue weighted by Gasteiger charge is -2.28. The van der Waals surface area contributed by atoms with Crippen LogP contribution in [-0.2, 0) is 14.2 Å². The van der Waals surface area contributed by atoms with Gasteiger partial charge >= 0.3 is 0 Å². The molecule has 1 saturated carbocycles. The molecule has 0 aromatic heterocycles. The Labute approximate surface area is 104 Å². The first-order valence-corrected chi connectivity index (χ1v) is 6.73. The third-order valence-corrected chi connectivity index (χ3v) is 3.97. The van der Waals surface area contributed by atoms with E-state index < -0.39 is 0 Å². The molecule has 17 heavy (non-hydrogen) atoms. The Morgan fingerprint density at radius 3 is 2.82 bits per heavy atom. The van der Waals surface area contributed by atoms with Gasteiger partial charge in [-0.2, -0.15) is 0 Å². The maximum absolute atomic E-state index is 5.85. The summed E-state index contributed by atoms with van der Waals surface area (Å²) in [7, 11) is 3.56. The largest absolute Gasteiger partial charge is 0.495 e. The molecule has 0 saturated heterocycles. The van der Waals surface area contributed by atoms with Gasteiger partial charge in [-0.25, -0.2) is 0 Å². The average Bonchev–Trinajstić information content (AvgIpc) is 2.71. The van der Waals surface area contributed by atoms with Gasteiger partial charge in [0.2, 0.25) is 0 Å². The summed E-state index contributed by atoms with van der Waals surface area (Å²) in [6, 6.07) is 0. The smallest absolute Gasteiger partial charge is 0.133 e. The molecule has 2 aliphatic rings. The molecule has 0 radical (unpaired) electrons. The van der Waals surface area contributed by atoms with Crippen LogP contribution in [0.15, 0.2) is 11.8 Å². The van der Waals surface area contributed by atoms with Crippen molar-refractivity contribution in [3.8, 4) is 0 Å². The highest BCUT2D eigenvalue weighted by Crippen LogP contribution is 2.35. The lowest BCUT2D eigenvalue weighted by molar-refractivity contribution is -0.0444. The predicted octanol–water partition coefficient (Wildman–Crippen LogP) is 2.90. The fourth-order valence-corrected chi connectivity index (χ4v) is 2.98. The van der Waals surface area contributed by atoms with Crippen molar-refractivity contribution in [2.45, 2.75) is 50.7 Å². The van der Waals surface area contributed by atoms with Crippen LogP contribution in [0.4, 0.5) is 0 Å². The molecular formula is C14H24O3. The van der Waals surface area contributed by atoms with Crippen LogP contribution < -0.4 is 0 Å². The number of hydrogen-bond donors (Lipinski definition) is 0. The third kappa shape index (κ3) is 3.02. The maximum Gasteiger partial charge on any atom is 0.133 e. The highest BCUT2D eigenvalue weighted by atomic mass is 16.5. The molecule has 0 amide bonds. The summed E-state index contributed by atoms with van der Waals surface area (Å²) in [6.45, 7) is 0.746. The molecule has 0 N–H and O–H groups in total. The molecule has 0 spiro atoms. The van der Waals surface area contributed by atoms with Crippen LogP contribution >= 0.6 is 0 Å². The topological polar surface area (TPSA) is 27.7 Å². The van der Waals surface area contributed by atoms with E-state index in [4.69, 9.17) is 14.2 Å². The van der Waals surface area contributed by atoms with Crippen molar-refractivity contribution in [2.24, 2.45) is 5.92 Å². The summed E-state index contributed by atoms with van der Waals surface area (Å²) in [6.07, 6.45) is 9.74. The van der Waals surface area contributed by atoms with Crippen molar-refractivity contribution >= 4 is 0 Å². The number of fused-ring (bicyclic) bond motifs is 2. The highest BCUT2D eigenvalue weighted by molar-refractivity contribution is 5.13. The number of ether oxygens (including phenoxy) is 3. The minimum atomic E-state index is 0.160. The molecule has 1 fully saturated rings. The second kappa shape index (κ2) is 6.41. The fourth-order valence-electron chi connectivity index (χ4n) is 2.98. The molecule has 2 bridgehead atoms. The van der Waals surface area contributed by atoms with Crippen molar-refractivity contribution in [3.63, 3.8) is 0 Å². The van der Waals surface area contributed by atoms with Crippen LogP contribution in [0.25, 0.3) is 0 Å². The van der Waals surface area contributed by atoms with E-state index in [1.165, 1.54) is 31.3 Å². The summed E-state index contributed by atoms with van der Waals surface area (Å²) in [5.74, 6) is 0.392. The first-order chi connectivity index (χ1) is 8.36. The van der Waals surface area contributed by atoms with E-state index in [1.54, 1.807) is 14.2 Å². The van der Waals surface area contributed by atoms with Crippen molar-refractivity contribution in [3.05, 3.63) is 11.8 Å². The minimum Gasteiger partial charge on any atom is -0.495 e. The zero-order valence-corrected chi connectivity index (χ0v) is 11.0. The van der Waals surface area contributed by atoms with E-state index >= 15 is 0 Å². The van der Waals surface area contributed by atoms with Gasteiger partial charge < -0.3 is 14.2 Å². The molecular weight excluding hydrogens is 216 g/mol. The number of methoxy groups -OCH3 is 2. The van der Waals surface area contributed by atoms with Gasteiger partial charge in [0.05, 0.1) is 19.0 Å². The van der Waals surface area contributed by atoms with Gasteiger partial charge in [-0.3, -0.25) is 0 Å². The summed E-state index contributed by atoms with van der Waals surface area (Å²) < 4.78 is 16.8. The van der Waals surface area contributed by atoms with E-state index in [-0.39, 0.29) is 12.2 Å². The second-order valence-corrected chi connectivity index (χ2v) is 5.08. The Kier molecular flexibility index (Phi) is 4.86. The van der Waals surface area contributed by atoms with Crippen molar-refractivity contribution in [2.75, 3.05) is 20.8 Å². The minimum absolute atomic E-state index is 0.160. The number of hydrogen-bond acceptors (Lipinski definition) is 3. The van der Waals surface area contributed by atoms with E-state index in [0.717, 1.165) is 19.4 Å². The molecule has 0 aromatic rings. The molecule has 1 aliphatic heterocycles. The second-order valence-electron chi connectivity index (χ2n) is 5.08. The van der Waals surface area contributed by atoms with Gasteiger partial charge in [-0.1, -0.05) is 19.3 Å². The Bertz CT molecular complexity index is 262. The summed E-state index contributed by atoms with van der Waals surface area (Å²) in [4.78, 5) is 0. The molecule has 1 aliphatic carbocycles. The fraction of sp³-hybridized carbons (Fsp3) is 0.857. The Morgan fingerprint density at radius 2 is 2.06 bits per heavy atom. The van der Waals surface area contributed by atoms with Gasteiger partial charge in [-0.15, -0.1) is 0 Å². The van der Waals surface area contributed by atoms with Gasteiger partial charge in [-0.05, 0) is 24.8 Å². The summed E-state index contributed by atoms with van der Waals surface area (Å²) in [5.41, 5.74) is 1.42. The molecule has 98 valence electrons. The lowest BCUT2D eigenvalue weighted by Crippen LogP contribution is -2.36. The third-order valence-electron chi connectivity index (χ3n) is 3.97. The molecule has 2 rings (SSSR count). The average molecular weight is 240 g/mol. The van der Waals surface area contributed by atoms with E-state index in [1.807, 2.05) is 6.26 Å². The van der Waals surface area contributed by atoms with E-state index in [9.17, 15) is 0 Å². The molecule has 1 heterocycles. The highest BCUT2D eigenvalue weighted by Gasteiger charge is 2.37. The lowest BCUT2D eigenvalue weighted by atomic mass is 9.87. The standard InChI is InChI=1S/C14H24O3/c1-15-10-12-11-7-5-3-4-6-8-13(16-2)14(12)17-9-11/h9,12-14H,3-8,10H2,1-2H3/t12-,13-,14-/m1/s1. The van der Waals surface area contributed by atoms with Crippen LogP contribution in [-0.4, -0.2) is 33.0 Å². The summed E-state index contributed by atoms with van der Waals surface area (Å²) in [5, 5.41) is 0. The van der Waals surface area contributed by atoms with Gasteiger partial charge in [0.15, 0.2) is 0 Å². The van der Waals surface area contributed by atoms with Gasteiger partial charge in [0, 0.05) is 20.1 Å². The molecule has 3 heteroatoms. The normalized spacial score (nSPS) is 34.0. The van der Waals surface area contributed by atoms with Crippen LogP contribution in [0.5, 0.6) is 0 Å². The first-order valence-electron chi connectivity index (χ1n) is 6.73. The van der Waals surface area contributed by atoms with E-state index in [0.29, 0.717) is 5.92 Å². The van der Waals surface area contributed by atoms with Crippen LogP contribution in [0.2, 0.25) is 0 Å². The molecule has 3 atom stereocenters. The van der Waals surface area contributed by atoms with Crippen molar-refractivity contribution < 1.29 is 14.2 Å². The number of rotatable bonds is 3. The van der Waals surface area contributed by atoms with E-state index in [2.05, 4.69) is 0 Å². The molecule has 0 unspecified atom stereocenters.